The van der Waals surface area contributed by atoms with Crippen LogP contribution in [0.3, 0.4) is 0 Å². The van der Waals surface area contributed by atoms with Crippen molar-refractivity contribution in [1.29, 1.82) is 0 Å². The van der Waals surface area contributed by atoms with E-state index in [1.165, 1.54) is 0 Å². The summed E-state index contributed by atoms with van der Waals surface area (Å²) in [6.07, 6.45) is 2.19. The van der Waals surface area contributed by atoms with E-state index in [9.17, 15) is 0 Å². The number of rotatable bonds is 5. The van der Waals surface area contributed by atoms with Crippen molar-refractivity contribution in [2.24, 2.45) is 5.92 Å². The average Bonchev–Trinajstić information content (AvgIpc) is 2.81. The normalized spacial score (nSPS) is 19.3. The van der Waals surface area contributed by atoms with Crippen molar-refractivity contribution < 1.29 is 4.74 Å². The van der Waals surface area contributed by atoms with E-state index in [0.29, 0.717) is 17.8 Å². The molecule has 17 heavy (non-hydrogen) atoms. The summed E-state index contributed by atoms with van der Waals surface area (Å²) in [4.78, 5) is 12.1. The van der Waals surface area contributed by atoms with Gasteiger partial charge >= 0.3 is 0 Å². The average molecular weight is 258 g/mol. The summed E-state index contributed by atoms with van der Waals surface area (Å²) in [6.45, 7) is 2.56. The first kappa shape index (κ1) is 12.3. The van der Waals surface area contributed by atoms with Gasteiger partial charge in [-0.25, -0.2) is 0 Å². The van der Waals surface area contributed by atoms with Gasteiger partial charge < -0.3 is 15.4 Å². The molecule has 1 aromatic rings. The van der Waals surface area contributed by atoms with E-state index in [4.69, 9.17) is 16.3 Å². The Balaban J connectivity index is 1.83. The second kappa shape index (κ2) is 5.97. The second-order valence-electron chi connectivity index (χ2n) is 3.95. The zero-order valence-electron chi connectivity index (χ0n) is 9.74. The molecule has 1 aliphatic heterocycles. The minimum atomic E-state index is 0.191. The predicted octanol–water partition coefficient (Wildman–Crippen LogP) is 1.41. The van der Waals surface area contributed by atoms with Crippen LogP contribution in [0.1, 0.15) is 12.8 Å². The summed E-state index contributed by atoms with van der Waals surface area (Å²) < 4.78 is 5.32. The number of nitrogens with zero attached hydrogens (tertiary/aromatic N) is 3. The smallest absolute Gasteiger partial charge is 0.228 e. The molecular weight excluding hydrogens is 242 g/mol. The van der Waals surface area contributed by atoms with Gasteiger partial charge in [0.15, 0.2) is 0 Å². The van der Waals surface area contributed by atoms with Gasteiger partial charge in [0.1, 0.15) is 0 Å². The van der Waals surface area contributed by atoms with Gasteiger partial charge in [-0.3, -0.25) is 0 Å². The van der Waals surface area contributed by atoms with Crippen LogP contribution in [0.25, 0.3) is 0 Å². The fourth-order valence-electron chi connectivity index (χ4n) is 1.74. The molecule has 0 spiro atoms. The van der Waals surface area contributed by atoms with E-state index in [-0.39, 0.29) is 5.28 Å². The monoisotopic (exact) mass is 257 g/mol. The zero-order chi connectivity index (χ0) is 12.1. The molecular formula is C10H16ClN5O. The number of ether oxygens (including phenoxy) is 1. The third-order valence-corrected chi connectivity index (χ3v) is 2.86. The zero-order valence-corrected chi connectivity index (χ0v) is 10.5. The van der Waals surface area contributed by atoms with Crippen molar-refractivity contribution in [2.45, 2.75) is 12.8 Å². The minimum Gasteiger partial charge on any atom is -0.381 e. The molecule has 2 heterocycles. The van der Waals surface area contributed by atoms with Crippen LogP contribution in [0, 0.1) is 5.92 Å². The Bertz CT molecular complexity index is 370. The maximum absolute atomic E-state index is 5.77. The highest BCUT2D eigenvalue weighted by atomic mass is 35.5. The van der Waals surface area contributed by atoms with Crippen molar-refractivity contribution in [3.05, 3.63) is 5.28 Å². The summed E-state index contributed by atoms with van der Waals surface area (Å²) in [6, 6.07) is 0. The lowest BCUT2D eigenvalue weighted by atomic mass is 10.1. The van der Waals surface area contributed by atoms with Gasteiger partial charge in [-0.05, 0) is 30.4 Å². The molecule has 6 nitrogen and oxygen atoms in total. The lowest BCUT2D eigenvalue weighted by Gasteiger charge is -2.09. The van der Waals surface area contributed by atoms with Crippen LogP contribution >= 0.6 is 11.6 Å². The van der Waals surface area contributed by atoms with Gasteiger partial charge in [0.2, 0.25) is 17.2 Å². The Morgan fingerprint density at radius 3 is 2.88 bits per heavy atom. The van der Waals surface area contributed by atoms with Crippen LogP contribution in [-0.2, 0) is 4.74 Å². The third-order valence-electron chi connectivity index (χ3n) is 2.69. The molecule has 0 bridgehead atoms. The molecule has 1 atom stereocenters. The van der Waals surface area contributed by atoms with Crippen LogP contribution in [-0.4, -0.2) is 41.8 Å². The summed E-state index contributed by atoms with van der Waals surface area (Å²) in [5.41, 5.74) is 0. The number of halogens is 1. The summed E-state index contributed by atoms with van der Waals surface area (Å²) in [7, 11) is 1.74. The van der Waals surface area contributed by atoms with E-state index in [1.807, 2.05) is 0 Å². The maximum Gasteiger partial charge on any atom is 0.228 e. The fraction of sp³-hybridized carbons (Fsp3) is 0.700. The Hall–Kier alpha value is -1.14. The van der Waals surface area contributed by atoms with Crippen molar-refractivity contribution >= 4 is 23.5 Å². The van der Waals surface area contributed by atoms with E-state index in [1.54, 1.807) is 7.05 Å². The first-order valence-electron chi connectivity index (χ1n) is 5.69. The molecule has 1 aromatic heterocycles. The van der Waals surface area contributed by atoms with Crippen LogP contribution < -0.4 is 10.6 Å². The van der Waals surface area contributed by atoms with E-state index in [0.717, 1.165) is 32.6 Å². The molecule has 2 rings (SSSR count). The maximum atomic E-state index is 5.77. The summed E-state index contributed by atoms with van der Waals surface area (Å²) in [5.74, 6) is 1.62. The molecule has 94 valence electrons. The molecule has 0 radical (unpaired) electrons. The van der Waals surface area contributed by atoms with Gasteiger partial charge in [0, 0.05) is 26.8 Å². The minimum absolute atomic E-state index is 0.191. The lowest BCUT2D eigenvalue weighted by Crippen LogP contribution is -2.12. The van der Waals surface area contributed by atoms with E-state index in [2.05, 4.69) is 25.6 Å². The Kier molecular flexibility index (Phi) is 4.33. The van der Waals surface area contributed by atoms with Crippen LogP contribution in [0.4, 0.5) is 11.9 Å². The molecule has 7 heteroatoms. The van der Waals surface area contributed by atoms with Crippen LogP contribution in [0.15, 0.2) is 0 Å². The first-order valence-corrected chi connectivity index (χ1v) is 6.06. The molecule has 2 N–H and O–H groups in total. The lowest BCUT2D eigenvalue weighted by molar-refractivity contribution is 0.185. The predicted molar refractivity (Wildman–Crippen MR) is 66.4 cm³/mol. The molecule has 0 aliphatic carbocycles. The number of hydrogen-bond donors (Lipinski definition) is 2. The van der Waals surface area contributed by atoms with Crippen LogP contribution in [0.2, 0.25) is 5.28 Å². The Morgan fingerprint density at radius 2 is 2.18 bits per heavy atom. The standard InChI is InChI=1S/C10H16ClN5O/c1-12-9-14-8(11)15-10(16-9)13-4-2-7-3-5-17-6-7/h7H,2-6H2,1H3,(H2,12,13,14,15,16). The molecule has 0 amide bonds. The third kappa shape index (κ3) is 3.67. The van der Waals surface area contributed by atoms with Gasteiger partial charge in [0.05, 0.1) is 0 Å². The van der Waals surface area contributed by atoms with Gasteiger partial charge in [-0.15, -0.1) is 0 Å². The van der Waals surface area contributed by atoms with Gasteiger partial charge in [-0.2, -0.15) is 15.0 Å². The molecule has 0 saturated carbocycles. The highest BCUT2D eigenvalue weighted by molar-refractivity contribution is 6.28. The van der Waals surface area contributed by atoms with Crippen molar-refractivity contribution in [3.63, 3.8) is 0 Å². The van der Waals surface area contributed by atoms with Crippen molar-refractivity contribution in [1.82, 2.24) is 15.0 Å². The summed E-state index contributed by atoms with van der Waals surface area (Å²) >= 11 is 5.77. The SMILES string of the molecule is CNc1nc(Cl)nc(NCCC2CCOC2)n1. The Morgan fingerprint density at radius 1 is 1.35 bits per heavy atom. The number of aromatic nitrogens is 3. The molecule has 1 fully saturated rings. The van der Waals surface area contributed by atoms with Crippen LogP contribution in [0.5, 0.6) is 0 Å². The molecule has 1 saturated heterocycles. The summed E-state index contributed by atoms with van der Waals surface area (Å²) in [5, 5.41) is 6.17. The molecule has 1 aliphatic rings. The number of nitrogens with one attached hydrogen (secondary N) is 2. The largest absolute Gasteiger partial charge is 0.381 e. The first-order chi connectivity index (χ1) is 8.28. The topological polar surface area (TPSA) is 72.0 Å². The van der Waals surface area contributed by atoms with Crippen molar-refractivity contribution in [3.8, 4) is 0 Å². The molecule has 0 aromatic carbocycles. The van der Waals surface area contributed by atoms with Gasteiger partial charge in [-0.1, -0.05) is 0 Å². The fourth-order valence-corrected chi connectivity index (χ4v) is 1.90. The molecule has 1 unspecified atom stereocenters. The second-order valence-corrected chi connectivity index (χ2v) is 4.28. The highest BCUT2D eigenvalue weighted by Gasteiger charge is 2.15. The van der Waals surface area contributed by atoms with Gasteiger partial charge in [0.25, 0.3) is 0 Å². The number of anilines is 2. The highest BCUT2D eigenvalue weighted by Crippen LogP contribution is 2.16. The van der Waals surface area contributed by atoms with Crippen molar-refractivity contribution in [2.75, 3.05) is 37.4 Å². The van der Waals surface area contributed by atoms with E-state index >= 15 is 0 Å². The Labute approximate surface area is 105 Å². The number of hydrogen-bond acceptors (Lipinski definition) is 6. The van der Waals surface area contributed by atoms with E-state index < -0.39 is 0 Å². The quantitative estimate of drug-likeness (QED) is 0.831.